The highest BCUT2D eigenvalue weighted by Crippen LogP contribution is 2.18. The molecular weight excluding hydrogens is 258 g/mol. The zero-order valence-corrected chi connectivity index (χ0v) is 11.3. The monoisotopic (exact) mass is 277 g/mol. The van der Waals surface area contributed by atoms with Crippen LogP contribution in [0.5, 0.6) is 5.75 Å². The van der Waals surface area contributed by atoms with Crippen molar-refractivity contribution in [3.8, 4) is 5.75 Å². The topological polar surface area (TPSA) is 84.5 Å². The summed E-state index contributed by atoms with van der Waals surface area (Å²) in [5.41, 5.74) is 7.09. The number of benzene rings is 1. The Kier molecular flexibility index (Phi) is 3.75. The summed E-state index contributed by atoms with van der Waals surface area (Å²) in [6, 6.07) is 5.71. The summed E-state index contributed by atoms with van der Waals surface area (Å²) in [5.74, 6) is 0.274. The van der Waals surface area contributed by atoms with Crippen LogP contribution in [0.25, 0.3) is 11.1 Å². The van der Waals surface area contributed by atoms with Gasteiger partial charge in [-0.2, -0.15) is 0 Å². The fraction of sp³-hybridized carbons (Fsp3) is 0.500. The third-order valence-electron chi connectivity index (χ3n) is 3.70. The number of fused-ring (bicyclic) bond motifs is 1. The van der Waals surface area contributed by atoms with Crippen LogP contribution in [0.2, 0.25) is 0 Å². The van der Waals surface area contributed by atoms with E-state index < -0.39 is 5.76 Å². The molecule has 1 aliphatic rings. The van der Waals surface area contributed by atoms with Crippen LogP contribution in [0.1, 0.15) is 12.8 Å². The van der Waals surface area contributed by atoms with E-state index in [1.165, 1.54) is 0 Å². The van der Waals surface area contributed by atoms with Crippen LogP contribution in [-0.4, -0.2) is 42.2 Å². The summed E-state index contributed by atoms with van der Waals surface area (Å²) in [6.07, 6.45) is 2.11. The molecule has 0 spiro atoms. The van der Waals surface area contributed by atoms with E-state index >= 15 is 0 Å². The maximum atomic E-state index is 11.1. The fourth-order valence-electron chi connectivity index (χ4n) is 2.48. The minimum Gasteiger partial charge on any atom is -0.492 e. The normalized spacial score (nSPS) is 17.6. The van der Waals surface area contributed by atoms with E-state index in [0.29, 0.717) is 29.5 Å². The summed E-state index contributed by atoms with van der Waals surface area (Å²) in [4.78, 5) is 16.0. The molecule has 20 heavy (non-hydrogen) atoms. The van der Waals surface area contributed by atoms with E-state index in [4.69, 9.17) is 14.9 Å². The molecule has 0 unspecified atom stereocenters. The SMILES string of the molecule is NC1CCN(CCOc2ccc3[nH]c(=O)oc3c2)CC1. The van der Waals surface area contributed by atoms with Gasteiger partial charge in [-0.15, -0.1) is 0 Å². The molecule has 2 aromatic rings. The minimum absolute atomic E-state index is 0.353. The highest BCUT2D eigenvalue weighted by atomic mass is 16.5. The van der Waals surface area contributed by atoms with Gasteiger partial charge in [-0.1, -0.05) is 0 Å². The number of hydrogen-bond donors (Lipinski definition) is 2. The maximum absolute atomic E-state index is 11.1. The Balaban J connectivity index is 1.53. The van der Waals surface area contributed by atoms with Crippen molar-refractivity contribution in [1.29, 1.82) is 0 Å². The molecule has 3 N–H and O–H groups in total. The van der Waals surface area contributed by atoms with E-state index in [1.807, 2.05) is 6.07 Å². The van der Waals surface area contributed by atoms with Crippen LogP contribution in [0.3, 0.4) is 0 Å². The van der Waals surface area contributed by atoms with Gasteiger partial charge in [0, 0.05) is 18.7 Å². The van der Waals surface area contributed by atoms with Gasteiger partial charge in [-0.25, -0.2) is 4.79 Å². The number of piperidine rings is 1. The van der Waals surface area contributed by atoms with Crippen molar-refractivity contribution in [1.82, 2.24) is 9.88 Å². The number of aromatic amines is 1. The second-order valence-corrected chi connectivity index (χ2v) is 5.20. The van der Waals surface area contributed by atoms with Gasteiger partial charge in [0.25, 0.3) is 0 Å². The number of nitrogens with zero attached hydrogens (tertiary/aromatic N) is 1. The first-order chi connectivity index (χ1) is 9.70. The smallest absolute Gasteiger partial charge is 0.417 e. The predicted molar refractivity (Wildman–Crippen MR) is 76.0 cm³/mol. The molecule has 0 radical (unpaired) electrons. The number of ether oxygens (including phenoxy) is 1. The summed E-state index contributed by atoms with van der Waals surface area (Å²) in [6.45, 7) is 3.59. The Morgan fingerprint density at radius 1 is 1.40 bits per heavy atom. The van der Waals surface area contributed by atoms with Crippen LogP contribution < -0.4 is 16.2 Å². The first-order valence-corrected chi connectivity index (χ1v) is 6.94. The quantitative estimate of drug-likeness (QED) is 0.868. The zero-order valence-electron chi connectivity index (χ0n) is 11.3. The second kappa shape index (κ2) is 5.68. The molecule has 0 bridgehead atoms. The third kappa shape index (κ3) is 3.02. The number of nitrogens with one attached hydrogen (secondary N) is 1. The molecule has 1 aromatic carbocycles. The van der Waals surface area contributed by atoms with Gasteiger partial charge in [-0.05, 0) is 38.1 Å². The molecule has 1 fully saturated rings. The van der Waals surface area contributed by atoms with Crippen molar-refractivity contribution in [2.24, 2.45) is 5.73 Å². The van der Waals surface area contributed by atoms with Crippen molar-refractivity contribution in [3.63, 3.8) is 0 Å². The fourth-order valence-corrected chi connectivity index (χ4v) is 2.48. The van der Waals surface area contributed by atoms with Crippen LogP contribution in [0, 0.1) is 0 Å². The first kappa shape index (κ1) is 13.2. The van der Waals surface area contributed by atoms with Crippen LogP contribution in [-0.2, 0) is 0 Å². The summed E-state index contributed by atoms with van der Waals surface area (Å²) >= 11 is 0. The largest absolute Gasteiger partial charge is 0.492 e. The number of H-pyrrole nitrogens is 1. The van der Waals surface area contributed by atoms with Gasteiger partial charge in [0.05, 0.1) is 5.52 Å². The molecule has 3 rings (SSSR count). The Labute approximate surface area is 116 Å². The number of rotatable bonds is 4. The van der Waals surface area contributed by atoms with E-state index in [2.05, 4.69) is 9.88 Å². The molecule has 1 aliphatic heterocycles. The molecular formula is C14H19N3O3. The number of aromatic nitrogens is 1. The number of nitrogens with two attached hydrogens (primary N) is 1. The summed E-state index contributed by atoms with van der Waals surface area (Å²) in [5, 5.41) is 0. The molecule has 0 amide bonds. The average Bonchev–Trinajstić information content (AvgIpc) is 2.80. The van der Waals surface area contributed by atoms with Gasteiger partial charge in [0.1, 0.15) is 12.4 Å². The Morgan fingerprint density at radius 2 is 2.20 bits per heavy atom. The minimum atomic E-state index is -0.443. The molecule has 0 saturated carbocycles. The molecule has 6 heteroatoms. The standard InChI is InChI=1S/C14H19N3O3/c15-10-3-5-17(6-4-10)7-8-19-11-1-2-12-13(9-11)20-14(18)16-12/h1-2,9-10H,3-8,15H2,(H,16,18). The molecule has 0 atom stereocenters. The lowest BCUT2D eigenvalue weighted by atomic mass is 10.1. The van der Waals surface area contributed by atoms with Gasteiger partial charge in [0.15, 0.2) is 5.58 Å². The van der Waals surface area contributed by atoms with Crippen molar-refractivity contribution in [2.75, 3.05) is 26.2 Å². The maximum Gasteiger partial charge on any atom is 0.417 e. The summed E-state index contributed by atoms with van der Waals surface area (Å²) < 4.78 is 10.7. The lowest BCUT2D eigenvalue weighted by molar-refractivity contribution is 0.174. The van der Waals surface area contributed by atoms with E-state index in [9.17, 15) is 4.79 Å². The third-order valence-corrected chi connectivity index (χ3v) is 3.70. The highest BCUT2D eigenvalue weighted by Gasteiger charge is 2.15. The number of likely N-dealkylation sites (tertiary alicyclic amines) is 1. The Bertz CT molecular complexity index is 626. The predicted octanol–water partition coefficient (Wildman–Crippen LogP) is 0.923. The second-order valence-electron chi connectivity index (χ2n) is 5.20. The number of oxazole rings is 1. The molecule has 108 valence electrons. The van der Waals surface area contributed by atoms with Crippen molar-refractivity contribution in [2.45, 2.75) is 18.9 Å². The lowest BCUT2D eigenvalue weighted by Crippen LogP contribution is -2.41. The summed E-state index contributed by atoms with van der Waals surface area (Å²) in [7, 11) is 0. The molecule has 6 nitrogen and oxygen atoms in total. The first-order valence-electron chi connectivity index (χ1n) is 6.94. The van der Waals surface area contributed by atoms with Crippen LogP contribution in [0.4, 0.5) is 0 Å². The average molecular weight is 277 g/mol. The van der Waals surface area contributed by atoms with Gasteiger partial charge in [0.2, 0.25) is 0 Å². The lowest BCUT2D eigenvalue weighted by Gasteiger charge is -2.29. The Morgan fingerprint density at radius 3 is 3.00 bits per heavy atom. The van der Waals surface area contributed by atoms with Gasteiger partial charge in [-0.3, -0.25) is 9.88 Å². The van der Waals surface area contributed by atoms with Crippen molar-refractivity contribution >= 4 is 11.1 Å². The van der Waals surface area contributed by atoms with E-state index in [0.717, 1.165) is 32.5 Å². The van der Waals surface area contributed by atoms with Crippen LogP contribution >= 0.6 is 0 Å². The molecule has 0 aliphatic carbocycles. The van der Waals surface area contributed by atoms with Crippen molar-refractivity contribution < 1.29 is 9.15 Å². The highest BCUT2D eigenvalue weighted by molar-refractivity contribution is 5.73. The van der Waals surface area contributed by atoms with Gasteiger partial charge >= 0.3 is 5.76 Å². The zero-order chi connectivity index (χ0) is 13.9. The van der Waals surface area contributed by atoms with E-state index in [1.54, 1.807) is 12.1 Å². The number of hydrogen-bond acceptors (Lipinski definition) is 5. The van der Waals surface area contributed by atoms with E-state index in [-0.39, 0.29) is 0 Å². The molecule has 1 aromatic heterocycles. The van der Waals surface area contributed by atoms with Crippen molar-refractivity contribution in [3.05, 3.63) is 28.7 Å². The molecule has 1 saturated heterocycles. The van der Waals surface area contributed by atoms with Gasteiger partial charge < -0.3 is 14.9 Å². The van der Waals surface area contributed by atoms with Crippen LogP contribution in [0.15, 0.2) is 27.4 Å². The molecule has 2 heterocycles. The Hall–Kier alpha value is -1.79.